The quantitative estimate of drug-likeness (QED) is 0.357. The van der Waals surface area contributed by atoms with E-state index in [0.717, 1.165) is 6.29 Å². The summed E-state index contributed by atoms with van der Waals surface area (Å²) in [7, 11) is 1.72. The van der Waals surface area contributed by atoms with Gasteiger partial charge in [0.1, 0.15) is 23.7 Å². The molecule has 0 saturated carbocycles. The number of ketones is 1. The molecule has 3 N–H and O–H groups in total. The van der Waals surface area contributed by atoms with Crippen molar-refractivity contribution < 1.29 is 14.0 Å². The molecule has 1 aromatic rings. The van der Waals surface area contributed by atoms with Crippen molar-refractivity contribution in [1.82, 2.24) is 0 Å². The van der Waals surface area contributed by atoms with E-state index in [9.17, 15) is 14.0 Å². The minimum absolute atomic E-state index is 0.190. The second-order valence-electron chi connectivity index (χ2n) is 5.35. The van der Waals surface area contributed by atoms with Crippen molar-refractivity contribution in [2.24, 2.45) is 10.7 Å². The van der Waals surface area contributed by atoms with Crippen LogP contribution in [0.1, 0.15) is 24.8 Å². The molecule has 0 aromatic heterocycles. The van der Waals surface area contributed by atoms with Gasteiger partial charge in [0, 0.05) is 57.2 Å². The minimum Gasteiger partial charge on any atom is -0.387 e. The van der Waals surface area contributed by atoms with Crippen LogP contribution < -0.4 is 16.0 Å². The lowest BCUT2D eigenvalue weighted by atomic mass is 10.1. The van der Waals surface area contributed by atoms with E-state index in [-0.39, 0.29) is 24.6 Å². The Morgan fingerprint density at radius 1 is 1.43 bits per heavy atom. The van der Waals surface area contributed by atoms with Gasteiger partial charge in [0.2, 0.25) is 0 Å². The molecule has 1 saturated heterocycles. The van der Waals surface area contributed by atoms with Crippen molar-refractivity contribution in [2.75, 3.05) is 36.9 Å². The summed E-state index contributed by atoms with van der Waals surface area (Å²) >= 11 is 0. The number of aliphatic imine (C=N–C) groups is 1. The number of Topliss-reactive ketones (excluding diaryl/α,β-unsaturated/α-hetero) is 1. The van der Waals surface area contributed by atoms with E-state index in [1.807, 2.05) is 4.90 Å². The van der Waals surface area contributed by atoms with Gasteiger partial charge in [-0.25, -0.2) is 4.39 Å². The molecule has 1 heterocycles. The first-order valence-electron chi connectivity index (χ1n) is 7.58. The third-order valence-electron chi connectivity index (χ3n) is 3.82. The van der Waals surface area contributed by atoms with E-state index in [0.29, 0.717) is 42.9 Å². The summed E-state index contributed by atoms with van der Waals surface area (Å²) in [5.74, 6) is -0.00367. The number of carbonyl (C=O) groups is 2. The summed E-state index contributed by atoms with van der Waals surface area (Å²) in [6.07, 6.45) is 1.91. The second-order valence-corrected chi connectivity index (χ2v) is 5.35. The van der Waals surface area contributed by atoms with Crippen molar-refractivity contribution in [2.45, 2.75) is 19.3 Å². The number of aldehydes is 1. The first-order valence-corrected chi connectivity index (χ1v) is 7.58. The SMILES string of the molecule is CNc1cc(N2CCC(=O)CC2)c(F)cc1C(N)=NCCC=O. The van der Waals surface area contributed by atoms with Crippen LogP contribution in [-0.2, 0) is 9.59 Å². The molecule has 1 aromatic carbocycles. The maximum absolute atomic E-state index is 14.5. The van der Waals surface area contributed by atoms with Crippen molar-refractivity contribution in [3.05, 3.63) is 23.5 Å². The number of nitrogens with zero attached hydrogens (tertiary/aromatic N) is 2. The molecule has 0 amide bonds. The largest absolute Gasteiger partial charge is 0.387 e. The van der Waals surface area contributed by atoms with Gasteiger partial charge in [0.15, 0.2) is 0 Å². The average molecular weight is 320 g/mol. The van der Waals surface area contributed by atoms with Crippen LogP contribution in [0.15, 0.2) is 17.1 Å². The number of benzene rings is 1. The number of rotatable bonds is 6. The molecule has 0 aliphatic carbocycles. The second kappa shape index (κ2) is 7.71. The molecule has 0 radical (unpaired) electrons. The van der Waals surface area contributed by atoms with Crippen molar-refractivity contribution >= 4 is 29.3 Å². The van der Waals surface area contributed by atoms with Gasteiger partial charge < -0.3 is 20.7 Å². The zero-order chi connectivity index (χ0) is 16.8. The van der Waals surface area contributed by atoms with Crippen molar-refractivity contribution in [3.8, 4) is 0 Å². The summed E-state index contributed by atoms with van der Waals surface area (Å²) in [4.78, 5) is 27.6. The fourth-order valence-corrected chi connectivity index (χ4v) is 2.54. The Kier molecular flexibility index (Phi) is 5.67. The molecule has 6 nitrogen and oxygen atoms in total. The number of anilines is 2. The summed E-state index contributed by atoms with van der Waals surface area (Å²) < 4.78 is 14.5. The van der Waals surface area contributed by atoms with Crippen LogP contribution in [0.4, 0.5) is 15.8 Å². The van der Waals surface area contributed by atoms with Crippen LogP contribution in [0.5, 0.6) is 0 Å². The van der Waals surface area contributed by atoms with Gasteiger partial charge in [-0.2, -0.15) is 0 Å². The fraction of sp³-hybridized carbons (Fsp3) is 0.438. The predicted octanol–water partition coefficient (Wildman–Crippen LogP) is 1.33. The first kappa shape index (κ1) is 16.9. The molecule has 2 rings (SSSR count). The third-order valence-corrected chi connectivity index (χ3v) is 3.82. The van der Waals surface area contributed by atoms with E-state index in [1.54, 1.807) is 13.1 Å². The molecule has 1 aliphatic heterocycles. The smallest absolute Gasteiger partial charge is 0.147 e. The Morgan fingerprint density at radius 2 is 2.13 bits per heavy atom. The van der Waals surface area contributed by atoms with E-state index < -0.39 is 5.82 Å². The summed E-state index contributed by atoms with van der Waals surface area (Å²) in [6.45, 7) is 1.30. The number of nitrogens with two attached hydrogens (primary N) is 1. The molecule has 0 spiro atoms. The molecule has 0 atom stereocenters. The number of carbonyl (C=O) groups excluding carboxylic acids is 2. The van der Waals surface area contributed by atoms with Crippen LogP contribution in [0, 0.1) is 5.82 Å². The monoisotopic (exact) mass is 320 g/mol. The van der Waals surface area contributed by atoms with Gasteiger partial charge >= 0.3 is 0 Å². The lowest BCUT2D eigenvalue weighted by Crippen LogP contribution is -2.34. The van der Waals surface area contributed by atoms with Crippen LogP contribution in [0.2, 0.25) is 0 Å². The van der Waals surface area contributed by atoms with Gasteiger partial charge in [0.25, 0.3) is 0 Å². The maximum Gasteiger partial charge on any atom is 0.147 e. The molecule has 0 bridgehead atoms. The number of amidine groups is 1. The Hall–Kier alpha value is -2.44. The zero-order valence-corrected chi connectivity index (χ0v) is 13.1. The van der Waals surface area contributed by atoms with E-state index in [4.69, 9.17) is 5.73 Å². The Morgan fingerprint density at radius 3 is 2.74 bits per heavy atom. The van der Waals surface area contributed by atoms with E-state index in [1.165, 1.54) is 6.07 Å². The highest BCUT2D eigenvalue weighted by molar-refractivity contribution is 6.03. The summed E-state index contributed by atoms with van der Waals surface area (Å²) in [5, 5.41) is 2.99. The molecule has 1 fully saturated rings. The van der Waals surface area contributed by atoms with Gasteiger partial charge in [-0.3, -0.25) is 9.79 Å². The van der Waals surface area contributed by atoms with Crippen LogP contribution in [0.25, 0.3) is 0 Å². The molecule has 7 heteroatoms. The third kappa shape index (κ3) is 4.06. The van der Waals surface area contributed by atoms with E-state index >= 15 is 0 Å². The summed E-state index contributed by atoms with van der Waals surface area (Å²) in [5.41, 5.74) is 7.47. The average Bonchev–Trinajstić information content (AvgIpc) is 2.55. The van der Waals surface area contributed by atoms with Crippen molar-refractivity contribution in [1.29, 1.82) is 0 Å². The fourth-order valence-electron chi connectivity index (χ4n) is 2.54. The van der Waals surface area contributed by atoms with Gasteiger partial charge in [-0.15, -0.1) is 0 Å². The van der Waals surface area contributed by atoms with Gasteiger partial charge in [0.05, 0.1) is 5.69 Å². The number of nitrogens with one attached hydrogen (secondary N) is 1. The van der Waals surface area contributed by atoms with Crippen LogP contribution in [0.3, 0.4) is 0 Å². The maximum atomic E-state index is 14.5. The lowest BCUT2D eigenvalue weighted by molar-refractivity contribution is -0.119. The summed E-state index contributed by atoms with van der Waals surface area (Å²) in [6, 6.07) is 3.03. The standard InChI is InChI=1S/C16H21FN4O2/c1-19-14-10-15(21-6-3-11(23)4-7-21)13(17)9-12(14)16(18)20-5-2-8-22/h8-10,19H,2-7H2,1H3,(H2,18,20). The van der Waals surface area contributed by atoms with Crippen molar-refractivity contribution in [3.63, 3.8) is 0 Å². The van der Waals surface area contributed by atoms with Crippen LogP contribution in [-0.4, -0.2) is 44.6 Å². The minimum atomic E-state index is -0.401. The molecule has 1 aliphatic rings. The molecule has 23 heavy (non-hydrogen) atoms. The topological polar surface area (TPSA) is 87.8 Å². The molecule has 124 valence electrons. The predicted molar refractivity (Wildman–Crippen MR) is 88.7 cm³/mol. The molecular formula is C16H21FN4O2. The lowest BCUT2D eigenvalue weighted by Gasteiger charge is -2.29. The highest BCUT2D eigenvalue weighted by Gasteiger charge is 2.21. The zero-order valence-electron chi connectivity index (χ0n) is 13.1. The van der Waals surface area contributed by atoms with Crippen LogP contribution >= 0.6 is 0 Å². The number of hydrogen-bond donors (Lipinski definition) is 2. The molecular weight excluding hydrogens is 299 g/mol. The highest BCUT2D eigenvalue weighted by Crippen LogP contribution is 2.29. The Labute approximate surface area is 134 Å². The van der Waals surface area contributed by atoms with E-state index in [2.05, 4.69) is 10.3 Å². The normalized spacial score (nSPS) is 15.7. The first-order chi connectivity index (χ1) is 11.1. The number of halogens is 1. The number of piperidine rings is 1. The molecule has 0 unspecified atom stereocenters. The van der Waals surface area contributed by atoms with Gasteiger partial charge in [-0.05, 0) is 12.1 Å². The number of hydrogen-bond acceptors (Lipinski definition) is 5. The highest BCUT2D eigenvalue weighted by atomic mass is 19.1. The Balaban J connectivity index is 2.29. The Bertz CT molecular complexity index is 621. The van der Waals surface area contributed by atoms with Gasteiger partial charge in [-0.1, -0.05) is 0 Å².